The van der Waals surface area contributed by atoms with E-state index in [2.05, 4.69) is 15.3 Å². The Balaban J connectivity index is 0.00000242. The van der Waals surface area contributed by atoms with E-state index < -0.39 is 11.7 Å². The van der Waals surface area contributed by atoms with Gasteiger partial charge in [-0.05, 0) is 17.7 Å². The van der Waals surface area contributed by atoms with Crippen LogP contribution < -0.4 is 11.1 Å². The van der Waals surface area contributed by atoms with Gasteiger partial charge in [0.2, 0.25) is 0 Å². The van der Waals surface area contributed by atoms with Crippen LogP contribution in [0.4, 0.5) is 9.52 Å². The van der Waals surface area contributed by atoms with Gasteiger partial charge in [0.05, 0.1) is 6.42 Å². The average molecular weight is 306 g/mol. The average Bonchev–Trinajstić information content (AvgIpc) is 2.94. The van der Waals surface area contributed by atoms with Gasteiger partial charge in [-0.3, -0.25) is 4.79 Å². The van der Waals surface area contributed by atoms with Gasteiger partial charge >= 0.3 is 0 Å². The highest BCUT2D eigenvalue weighted by atomic mass is 32.1. The molecule has 0 saturated carbocycles. The van der Waals surface area contributed by atoms with E-state index in [1.54, 1.807) is 24.4 Å². The molecule has 0 aliphatic heterocycles. The number of hydrogen-bond donors (Lipinski definition) is 2. The van der Waals surface area contributed by atoms with Crippen LogP contribution >= 0.6 is 11.3 Å². The number of nitrogens with one attached hydrogen (secondary N) is 1. The maximum Gasteiger partial charge on any atom is 0.252 e. The molecule has 2 aromatic rings. The SMILES string of the molecule is NC(/C=C\Nc1nccs1)=NC(=O)Cc1ccccc1F.[HH]. The molecule has 5 nitrogen and oxygen atoms in total. The molecular formula is C14H15FN4OS. The molecule has 1 aromatic heterocycles. The fourth-order valence-electron chi connectivity index (χ4n) is 1.52. The normalized spacial score (nSPS) is 11.8. The summed E-state index contributed by atoms with van der Waals surface area (Å²) in [5, 5.41) is 5.41. The van der Waals surface area contributed by atoms with Crippen LogP contribution in [0.1, 0.15) is 6.99 Å². The van der Waals surface area contributed by atoms with Gasteiger partial charge in [-0.2, -0.15) is 4.99 Å². The summed E-state index contributed by atoms with van der Waals surface area (Å²) in [5.74, 6) is -0.891. The van der Waals surface area contributed by atoms with Crippen molar-refractivity contribution in [1.82, 2.24) is 4.98 Å². The Morgan fingerprint density at radius 3 is 3.05 bits per heavy atom. The van der Waals surface area contributed by atoms with Crippen LogP contribution in [-0.2, 0) is 11.2 Å². The number of aromatic nitrogens is 1. The molecule has 7 heteroatoms. The predicted molar refractivity (Wildman–Crippen MR) is 83.7 cm³/mol. The van der Waals surface area contributed by atoms with Gasteiger partial charge in [0.25, 0.3) is 5.91 Å². The smallest absolute Gasteiger partial charge is 0.252 e. The maximum atomic E-state index is 13.4. The molecule has 0 spiro atoms. The topological polar surface area (TPSA) is 80.4 Å². The number of nitrogens with two attached hydrogens (primary N) is 1. The molecule has 0 saturated heterocycles. The van der Waals surface area contributed by atoms with Gasteiger partial charge in [-0.25, -0.2) is 9.37 Å². The Hall–Kier alpha value is -2.54. The zero-order valence-electron chi connectivity index (χ0n) is 11.0. The number of rotatable bonds is 5. The number of carbonyl (C=O) groups is 1. The van der Waals surface area contributed by atoms with Crippen molar-refractivity contribution in [3.63, 3.8) is 0 Å². The van der Waals surface area contributed by atoms with Crippen molar-refractivity contribution >= 4 is 28.2 Å². The van der Waals surface area contributed by atoms with Crippen molar-refractivity contribution in [2.75, 3.05) is 5.32 Å². The third kappa shape index (κ3) is 4.81. The Bertz CT molecular complexity index is 673. The van der Waals surface area contributed by atoms with Gasteiger partial charge in [-0.1, -0.05) is 18.2 Å². The van der Waals surface area contributed by atoms with Crippen molar-refractivity contribution in [2.24, 2.45) is 10.7 Å². The summed E-state index contributed by atoms with van der Waals surface area (Å²) in [7, 11) is 0. The van der Waals surface area contributed by atoms with Crippen LogP contribution in [0.2, 0.25) is 0 Å². The lowest BCUT2D eigenvalue weighted by Gasteiger charge is -1.99. The summed E-state index contributed by atoms with van der Waals surface area (Å²) in [6.45, 7) is 0. The number of amidine groups is 1. The molecule has 3 N–H and O–H groups in total. The van der Waals surface area contributed by atoms with Gasteiger partial charge in [0, 0.05) is 19.2 Å². The first kappa shape index (κ1) is 14.9. The molecule has 2 rings (SSSR count). The first-order valence-electron chi connectivity index (χ1n) is 6.08. The van der Waals surface area contributed by atoms with E-state index in [1.807, 2.05) is 5.38 Å². The maximum absolute atomic E-state index is 13.4. The number of carbonyl (C=O) groups excluding carboxylic acids is 1. The Morgan fingerprint density at radius 2 is 2.33 bits per heavy atom. The van der Waals surface area contributed by atoms with Crippen LogP contribution in [0.5, 0.6) is 0 Å². The van der Waals surface area contributed by atoms with Crippen molar-refractivity contribution in [1.29, 1.82) is 0 Å². The quantitative estimate of drug-likeness (QED) is 0.657. The third-order valence-electron chi connectivity index (χ3n) is 2.45. The van der Waals surface area contributed by atoms with E-state index in [4.69, 9.17) is 5.73 Å². The van der Waals surface area contributed by atoms with Crippen molar-refractivity contribution in [3.05, 3.63) is 59.5 Å². The molecule has 0 atom stereocenters. The van der Waals surface area contributed by atoms with E-state index >= 15 is 0 Å². The number of benzene rings is 1. The zero-order chi connectivity index (χ0) is 15.1. The standard InChI is InChI=1S/C14H13FN4OS.H2/c15-11-4-2-1-3-10(11)9-13(20)19-12(16)5-6-17-14-18-7-8-21-14;/h1-8H,9H2,(H,17,18)(H2,16,19,20);1H/b6-5-;. The van der Waals surface area contributed by atoms with Crippen LogP contribution in [0.25, 0.3) is 0 Å². The summed E-state index contributed by atoms with van der Waals surface area (Å²) in [4.78, 5) is 19.4. The fourth-order valence-corrected chi connectivity index (χ4v) is 2.03. The number of nitrogens with zero attached hydrogens (tertiary/aromatic N) is 2. The van der Waals surface area contributed by atoms with Crippen LogP contribution in [-0.4, -0.2) is 16.7 Å². The second-order valence-corrected chi connectivity index (χ2v) is 4.91. The van der Waals surface area contributed by atoms with Gasteiger partial charge in [-0.15, -0.1) is 11.3 Å². The number of aliphatic imine (C=N–C) groups is 1. The van der Waals surface area contributed by atoms with Crippen molar-refractivity contribution in [2.45, 2.75) is 6.42 Å². The summed E-state index contributed by atoms with van der Waals surface area (Å²) < 4.78 is 13.4. The second-order valence-electron chi connectivity index (χ2n) is 4.01. The summed E-state index contributed by atoms with van der Waals surface area (Å²) in [5.41, 5.74) is 5.89. The summed E-state index contributed by atoms with van der Waals surface area (Å²) >= 11 is 1.43. The molecule has 0 aliphatic carbocycles. The summed E-state index contributed by atoms with van der Waals surface area (Å²) in [6, 6.07) is 6.07. The molecule has 0 aliphatic rings. The fraction of sp³-hybridized carbons (Fsp3) is 0.0714. The molecule has 1 amide bonds. The third-order valence-corrected chi connectivity index (χ3v) is 3.15. The minimum atomic E-state index is -0.503. The van der Waals surface area contributed by atoms with Gasteiger partial charge < -0.3 is 11.1 Å². The highest BCUT2D eigenvalue weighted by molar-refractivity contribution is 7.13. The number of halogens is 1. The van der Waals surface area contributed by atoms with E-state index in [0.29, 0.717) is 10.7 Å². The largest absolute Gasteiger partial charge is 0.384 e. The monoisotopic (exact) mass is 306 g/mol. The molecule has 0 bridgehead atoms. The molecule has 0 unspecified atom stereocenters. The Morgan fingerprint density at radius 1 is 1.52 bits per heavy atom. The highest BCUT2D eigenvalue weighted by Gasteiger charge is 2.06. The lowest BCUT2D eigenvalue weighted by atomic mass is 10.1. The summed E-state index contributed by atoms with van der Waals surface area (Å²) in [6.07, 6.45) is 4.52. The minimum Gasteiger partial charge on any atom is -0.384 e. The van der Waals surface area contributed by atoms with Crippen LogP contribution in [0.3, 0.4) is 0 Å². The van der Waals surface area contributed by atoms with Crippen molar-refractivity contribution in [3.8, 4) is 0 Å². The minimum absolute atomic E-state index is 0. The lowest BCUT2D eigenvalue weighted by Crippen LogP contribution is -2.13. The van der Waals surface area contributed by atoms with Gasteiger partial charge in [0.1, 0.15) is 11.7 Å². The van der Waals surface area contributed by atoms with Gasteiger partial charge in [0.15, 0.2) is 5.13 Å². The molecule has 1 aromatic carbocycles. The van der Waals surface area contributed by atoms with Crippen molar-refractivity contribution < 1.29 is 10.6 Å². The molecular weight excluding hydrogens is 291 g/mol. The van der Waals surface area contributed by atoms with E-state index in [9.17, 15) is 9.18 Å². The molecule has 1 heterocycles. The first-order valence-corrected chi connectivity index (χ1v) is 6.96. The molecule has 0 radical (unpaired) electrons. The number of amides is 1. The van der Waals surface area contributed by atoms with Crippen LogP contribution in [0.15, 0.2) is 53.1 Å². The Kier molecular flexibility index (Phi) is 5.16. The molecule has 0 fully saturated rings. The van der Waals surface area contributed by atoms with E-state index in [1.165, 1.54) is 29.7 Å². The van der Waals surface area contributed by atoms with E-state index in [-0.39, 0.29) is 13.7 Å². The number of thiazole rings is 1. The highest BCUT2D eigenvalue weighted by Crippen LogP contribution is 2.09. The lowest BCUT2D eigenvalue weighted by molar-refractivity contribution is -0.117. The predicted octanol–water partition coefficient (Wildman–Crippen LogP) is 2.58. The number of hydrogen-bond acceptors (Lipinski definition) is 4. The first-order chi connectivity index (χ1) is 10.1. The van der Waals surface area contributed by atoms with E-state index in [0.717, 1.165) is 0 Å². The van der Waals surface area contributed by atoms with Crippen LogP contribution in [0, 0.1) is 5.82 Å². The second kappa shape index (κ2) is 7.30. The molecule has 21 heavy (non-hydrogen) atoms. The zero-order valence-corrected chi connectivity index (χ0v) is 11.8. The molecule has 110 valence electrons. The number of anilines is 1. The Labute approximate surface area is 126 Å².